The van der Waals surface area contributed by atoms with Crippen molar-refractivity contribution in [3.8, 4) is 0 Å². The Balaban J connectivity index is -0.0000000568. The first-order valence-corrected chi connectivity index (χ1v) is 21.5. The molecule has 0 aromatic rings. The number of nitrogens with one attached hydrogen (secondary N) is 10. The third-order valence-corrected chi connectivity index (χ3v) is 4.96. The van der Waals surface area contributed by atoms with Crippen LogP contribution in [0.25, 0.3) is 0 Å². The molecule has 0 saturated carbocycles. The van der Waals surface area contributed by atoms with E-state index in [1.165, 1.54) is 98.6 Å². The Labute approximate surface area is 437 Å². The van der Waals surface area contributed by atoms with Crippen molar-refractivity contribution in [3.63, 3.8) is 0 Å². The molecule has 0 aliphatic rings. The minimum Gasteiger partial charge on any atom is -0.469 e. The third-order valence-electron chi connectivity index (χ3n) is 4.96. The number of alkyl carbamates (subject to hydrolysis) is 4. The van der Waals surface area contributed by atoms with Crippen molar-refractivity contribution >= 4 is 72.5 Å². The Morgan fingerprint density at radius 2 is 0.608 bits per heavy atom. The van der Waals surface area contributed by atoms with Gasteiger partial charge in [0.1, 0.15) is 0 Å². The molecule has 10 N–H and O–H groups in total. The smallest absolute Gasteiger partial charge is 0.469 e. The lowest BCUT2D eigenvalue weighted by molar-refractivity contribution is -0.140. The predicted octanol–water partition coefficient (Wildman–Crippen LogP) is 1.98. The molecule has 0 radical (unpaired) electrons. The minimum atomic E-state index is -0.657. The van der Waals surface area contributed by atoms with Crippen LogP contribution in [0.4, 0.5) is 38.4 Å². The van der Waals surface area contributed by atoms with Gasteiger partial charge in [-0.3, -0.25) is 19.2 Å². The molecule has 0 saturated heterocycles. The lowest BCUT2D eigenvalue weighted by atomic mass is 10.6. The van der Waals surface area contributed by atoms with E-state index >= 15 is 0 Å². The standard InChI is InChI=1S/C4H10N2O.2C4H9NO2.C4H9NO.C4H8O3.C4H8O2.C3H8N2O.2C3H7NO2.C3H7NO.C3H6O3.C3H6O2/c1-3-6-4(7)5-2;1-3-5-4(6)7-2;1-3-7-4(6)5-2;1-3-5-4(2)6;1-3-7-4(5)6-2;1-3-6-4(2)5;1-4-3(6)5-2;2*1-4-3(5)6-2;1-3(5)4-2;1-5-3(4)6-2;1-3(4)5-2/h3H2,1-2H3,(H2,5,6,7);2*3H2,1-2H3,(H,5,6);3H2,1-2H3,(H,5,6);3H2,1-2H3;3H2,1-2H3;1-2H3,(H2,4,5,6);2*1-2H3,(H,4,5);1-2H3,(H,4,5);1-2H3;1-2H3. The van der Waals surface area contributed by atoms with Crippen LogP contribution < -0.4 is 53.2 Å². The van der Waals surface area contributed by atoms with Crippen molar-refractivity contribution < 1.29 is 105 Å². The van der Waals surface area contributed by atoms with Crippen LogP contribution in [0.3, 0.4) is 0 Å². The summed E-state index contributed by atoms with van der Waals surface area (Å²) in [5, 5.41) is 23.9. The number of carbonyl (C=O) groups is 12. The van der Waals surface area contributed by atoms with E-state index in [9.17, 15) is 57.5 Å². The van der Waals surface area contributed by atoms with Gasteiger partial charge in [-0.15, -0.1) is 0 Å². The van der Waals surface area contributed by atoms with Gasteiger partial charge in [-0.05, 0) is 41.5 Å². The summed E-state index contributed by atoms with van der Waals surface area (Å²) >= 11 is 0. The largest absolute Gasteiger partial charge is 0.507 e. The van der Waals surface area contributed by atoms with Crippen molar-refractivity contribution in [2.45, 2.75) is 69.2 Å². The van der Waals surface area contributed by atoms with Gasteiger partial charge in [0.15, 0.2) is 0 Å². The fraction of sp³-hybridized carbons (Fsp3) is 0.714. The average molecular weight is 1090 g/mol. The van der Waals surface area contributed by atoms with Crippen LogP contribution in [0.15, 0.2) is 0 Å². The topological polar surface area (TPSA) is 417 Å². The number of hydrogen-bond acceptors (Lipinski definition) is 22. The van der Waals surface area contributed by atoms with Gasteiger partial charge < -0.3 is 101 Å². The molecule has 0 unspecified atom stereocenters. The molecular formula is C42H94N10O22. The number of carbonyl (C=O) groups excluding carboxylic acids is 12. The van der Waals surface area contributed by atoms with E-state index in [2.05, 4.69) is 101 Å². The molecule has 0 bridgehead atoms. The van der Waals surface area contributed by atoms with E-state index < -0.39 is 24.5 Å². The van der Waals surface area contributed by atoms with Crippen LogP contribution in [-0.4, -0.2) is 211 Å². The van der Waals surface area contributed by atoms with Crippen LogP contribution in [0.5, 0.6) is 0 Å². The van der Waals surface area contributed by atoms with Gasteiger partial charge in [0.05, 0.1) is 69.6 Å². The maximum absolute atomic E-state index is 10.2. The second-order valence-electron chi connectivity index (χ2n) is 10.5. The van der Waals surface area contributed by atoms with E-state index in [0.717, 1.165) is 6.54 Å². The Morgan fingerprint density at radius 3 is 0.662 bits per heavy atom. The molecule has 10 amide bonds. The molecule has 0 aromatic heterocycles. The molecule has 0 rings (SSSR count). The monoisotopic (exact) mass is 1090 g/mol. The number of ether oxygens (including phenoxy) is 10. The Hall–Kier alpha value is -7.96. The summed E-state index contributed by atoms with van der Waals surface area (Å²) in [5.74, 6) is -0.412. The van der Waals surface area contributed by atoms with E-state index in [0.29, 0.717) is 32.9 Å². The zero-order valence-corrected chi connectivity index (χ0v) is 48.2. The zero-order valence-electron chi connectivity index (χ0n) is 48.2. The molecule has 0 aliphatic carbocycles. The van der Waals surface area contributed by atoms with Crippen molar-refractivity contribution in [3.05, 3.63) is 0 Å². The van der Waals surface area contributed by atoms with Gasteiger partial charge in [0, 0.05) is 96.7 Å². The van der Waals surface area contributed by atoms with E-state index in [-0.39, 0.29) is 48.0 Å². The van der Waals surface area contributed by atoms with E-state index in [1.54, 1.807) is 49.0 Å². The van der Waals surface area contributed by atoms with Crippen LogP contribution in [0, 0.1) is 0 Å². The molecule has 32 nitrogen and oxygen atoms in total. The number of hydrogen-bond donors (Lipinski definition) is 10. The highest BCUT2D eigenvalue weighted by atomic mass is 16.7. The summed E-state index contributed by atoms with van der Waals surface area (Å²) in [6.45, 7) is 19.9. The number of amides is 10. The third kappa shape index (κ3) is 176. The van der Waals surface area contributed by atoms with Gasteiger partial charge in [-0.1, -0.05) is 0 Å². The lowest BCUT2D eigenvalue weighted by Crippen LogP contribution is -2.32. The quantitative estimate of drug-likeness (QED) is 0.134. The SMILES string of the molecule is CCNC(=O)NC.CCNC(=O)OC.CCNC(C)=O.CCOC(=O)NC.CCOC(=O)OC.CCOC(C)=O.CNC(=O)NC.CNC(=O)OC.CNC(=O)OC.CNC(C)=O.COC(=O)OC.COC(C)=O. The van der Waals surface area contributed by atoms with Gasteiger partial charge in [-0.2, -0.15) is 0 Å². The highest BCUT2D eigenvalue weighted by molar-refractivity contribution is 5.74. The van der Waals surface area contributed by atoms with E-state index in [4.69, 9.17) is 0 Å². The molecule has 0 spiro atoms. The molecular weight excluding hydrogens is 997 g/mol. The number of methoxy groups -OCH3 is 7. The number of esters is 2. The second-order valence-corrected chi connectivity index (χ2v) is 10.5. The summed E-state index contributed by atoms with van der Waals surface area (Å²) in [6, 6.07) is -0.280. The molecule has 32 heteroatoms. The molecule has 0 atom stereocenters. The zero-order chi connectivity index (χ0) is 61.3. The molecule has 0 heterocycles. The number of urea groups is 2. The maximum Gasteiger partial charge on any atom is 0.507 e. The van der Waals surface area contributed by atoms with Crippen LogP contribution in [0.1, 0.15) is 69.2 Å². The van der Waals surface area contributed by atoms with Gasteiger partial charge in [0.2, 0.25) is 11.8 Å². The van der Waals surface area contributed by atoms with Crippen molar-refractivity contribution in [1.29, 1.82) is 0 Å². The van der Waals surface area contributed by atoms with Crippen LogP contribution in [-0.2, 0) is 66.5 Å². The number of rotatable bonds is 6. The second kappa shape index (κ2) is 91.3. The molecule has 0 fully saturated rings. The van der Waals surface area contributed by atoms with E-state index in [1.807, 2.05) is 20.8 Å². The van der Waals surface area contributed by atoms with Crippen molar-refractivity contribution in [2.24, 2.45) is 0 Å². The molecule has 0 aliphatic heterocycles. The Kier molecular flexibility index (Phi) is 118. The van der Waals surface area contributed by atoms with Gasteiger partial charge in [-0.25, -0.2) is 38.4 Å². The Bertz CT molecular complexity index is 1160. The fourth-order valence-electron chi connectivity index (χ4n) is 1.71. The molecule has 0 aromatic carbocycles. The molecule has 74 heavy (non-hydrogen) atoms. The van der Waals surface area contributed by atoms with Crippen LogP contribution in [0.2, 0.25) is 0 Å². The maximum atomic E-state index is 10.2. The summed E-state index contributed by atoms with van der Waals surface area (Å²) in [5.41, 5.74) is 0. The first-order valence-electron chi connectivity index (χ1n) is 21.5. The average Bonchev–Trinajstić information content (AvgIpc) is 3.39. The lowest BCUT2D eigenvalue weighted by Gasteiger charge is -1.96. The normalized spacial score (nSPS) is 7.35. The summed E-state index contributed by atoms with van der Waals surface area (Å²) in [4.78, 5) is 119. The van der Waals surface area contributed by atoms with Gasteiger partial charge in [0.25, 0.3) is 0 Å². The first-order chi connectivity index (χ1) is 34.5. The highest BCUT2D eigenvalue weighted by Crippen LogP contribution is 1.78. The van der Waals surface area contributed by atoms with Crippen molar-refractivity contribution in [2.75, 3.05) is 139 Å². The Morgan fingerprint density at radius 1 is 0.297 bits per heavy atom. The predicted molar refractivity (Wildman–Crippen MR) is 274 cm³/mol. The highest BCUT2D eigenvalue weighted by Gasteiger charge is 1.93. The fourth-order valence-corrected chi connectivity index (χ4v) is 1.71. The van der Waals surface area contributed by atoms with Crippen molar-refractivity contribution in [1.82, 2.24) is 53.2 Å². The van der Waals surface area contributed by atoms with Gasteiger partial charge >= 0.3 is 60.7 Å². The summed E-state index contributed by atoms with van der Waals surface area (Å²) in [6.07, 6.45) is -2.84. The first kappa shape index (κ1) is 95.7. The minimum absolute atomic E-state index is 0.00463. The molecule has 444 valence electrons. The van der Waals surface area contributed by atoms with Crippen LogP contribution >= 0.6 is 0 Å². The summed E-state index contributed by atoms with van der Waals surface area (Å²) in [7, 11) is 20.0. The summed E-state index contributed by atoms with van der Waals surface area (Å²) < 4.78 is 42.0.